The van der Waals surface area contributed by atoms with Crippen LogP contribution in [-0.4, -0.2) is 33.6 Å². The van der Waals surface area contributed by atoms with Crippen LogP contribution in [0, 0.1) is 22.7 Å². The van der Waals surface area contributed by atoms with Crippen LogP contribution in [0.4, 0.5) is 0 Å². The first-order valence-electron chi connectivity index (χ1n) is 8.81. The molecule has 0 aromatic heterocycles. The highest BCUT2D eigenvalue weighted by Gasteiger charge is 2.59. The van der Waals surface area contributed by atoms with Gasteiger partial charge in [-0.25, -0.2) is 0 Å². The lowest BCUT2D eigenvalue weighted by Gasteiger charge is -2.56. The molecule has 122 valence electrons. The van der Waals surface area contributed by atoms with Crippen LogP contribution in [-0.2, 0) is 0 Å². The third kappa shape index (κ3) is 1.79. The van der Waals surface area contributed by atoms with Gasteiger partial charge in [-0.1, -0.05) is 37.1 Å². The van der Waals surface area contributed by atoms with Crippen LogP contribution in [0.15, 0.2) is 23.3 Å². The van der Waals surface area contributed by atoms with E-state index in [2.05, 4.69) is 26.0 Å². The van der Waals surface area contributed by atoms with Crippen molar-refractivity contribution in [2.45, 2.75) is 70.7 Å². The van der Waals surface area contributed by atoms with Crippen LogP contribution in [0.2, 0.25) is 0 Å². The molecule has 0 amide bonds. The summed E-state index contributed by atoms with van der Waals surface area (Å²) in [5, 5.41) is 31.4. The maximum absolute atomic E-state index is 11.0. The summed E-state index contributed by atoms with van der Waals surface area (Å²) >= 11 is 0. The molecule has 3 nitrogen and oxygen atoms in total. The lowest BCUT2D eigenvalue weighted by Crippen LogP contribution is -2.53. The molecule has 3 saturated carbocycles. The highest BCUT2D eigenvalue weighted by Crippen LogP contribution is 2.63. The maximum atomic E-state index is 11.0. The molecule has 0 aliphatic heterocycles. The van der Waals surface area contributed by atoms with Crippen molar-refractivity contribution in [2.24, 2.45) is 22.7 Å². The quantitative estimate of drug-likeness (QED) is 0.644. The smallest absolute Gasteiger partial charge is 0.0620 e. The minimum Gasteiger partial charge on any atom is -0.393 e. The summed E-state index contributed by atoms with van der Waals surface area (Å²) < 4.78 is 0. The van der Waals surface area contributed by atoms with Crippen molar-refractivity contribution >= 4 is 0 Å². The minimum atomic E-state index is -0.385. The Labute approximate surface area is 132 Å². The summed E-state index contributed by atoms with van der Waals surface area (Å²) in [7, 11) is 0. The van der Waals surface area contributed by atoms with Crippen molar-refractivity contribution in [3.05, 3.63) is 23.3 Å². The van der Waals surface area contributed by atoms with Crippen molar-refractivity contribution in [1.29, 1.82) is 0 Å². The van der Waals surface area contributed by atoms with Crippen LogP contribution >= 0.6 is 0 Å². The summed E-state index contributed by atoms with van der Waals surface area (Å²) in [6, 6.07) is 0. The van der Waals surface area contributed by atoms with Gasteiger partial charge in [0, 0.05) is 11.3 Å². The van der Waals surface area contributed by atoms with Crippen molar-refractivity contribution < 1.29 is 15.3 Å². The van der Waals surface area contributed by atoms with Crippen LogP contribution in [0.5, 0.6) is 0 Å². The van der Waals surface area contributed by atoms with Crippen molar-refractivity contribution in [2.75, 3.05) is 0 Å². The van der Waals surface area contributed by atoms with Crippen LogP contribution in [0.3, 0.4) is 0 Å². The Morgan fingerprint density at radius 3 is 2.59 bits per heavy atom. The normalized spacial score (nSPS) is 54.0. The molecule has 0 unspecified atom stereocenters. The standard InChI is InChI=1S/C19H28O3/c1-18-8-7-12(20)9-11(18)3-4-13-14-5-6-16(22)19(14,2)10-15(21)17(13)18/h3-4,12,14-17,20-22H,5-10H2,1-2H3/t12-,14-,15+,16+,17-,18+,19-/m0/s1. The SMILES string of the molecule is C[C@]12C[C@@H](O)[C@@H]3C(=CC=C4C[C@@H](O)CC[C@]43C)[C@@H]1CC[C@H]2O. The largest absolute Gasteiger partial charge is 0.393 e. The van der Waals surface area contributed by atoms with Crippen LogP contribution < -0.4 is 0 Å². The van der Waals surface area contributed by atoms with Gasteiger partial charge in [-0.15, -0.1) is 0 Å². The molecule has 3 fully saturated rings. The predicted molar refractivity (Wildman–Crippen MR) is 85.1 cm³/mol. The van der Waals surface area contributed by atoms with Gasteiger partial charge < -0.3 is 15.3 Å². The van der Waals surface area contributed by atoms with E-state index >= 15 is 0 Å². The van der Waals surface area contributed by atoms with Gasteiger partial charge in [0.15, 0.2) is 0 Å². The number of aliphatic hydroxyl groups excluding tert-OH is 3. The lowest BCUT2D eigenvalue weighted by atomic mass is 9.50. The van der Waals surface area contributed by atoms with E-state index in [4.69, 9.17) is 0 Å². The number of fused-ring (bicyclic) bond motifs is 5. The van der Waals surface area contributed by atoms with Crippen molar-refractivity contribution in [3.8, 4) is 0 Å². The maximum Gasteiger partial charge on any atom is 0.0620 e. The molecule has 3 heteroatoms. The fraction of sp³-hybridized carbons (Fsp3) is 0.789. The minimum absolute atomic E-state index is 0.0163. The summed E-state index contributed by atoms with van der Waals surface area (Å²) in [6.45, 7) is 4.43. The molecule has 3 N–H and O–H groups in total. The van der Waals surface area contributed by atoms with E-state index < -0.39 is 0 Å². The Kier molecular flexibility index (Phi) is 3.18. The molecule has 0 bridgehead atoms. The van der Waals surface area contributed by atoms with E-state index in [-0.39, 0.29) is 35.1 Å². The summed E-state index contributed by atoms with van der Waals surface area (Å²) in [6.07, 6.45) is 8.62. The van der Waals surface area contributed by atoms with Crippen molar-refractivity contribution in [1.82, 2.24) is 0 Å². The van der Waals surface area contributed by atoms with Crippen LogP contribution in [0.25, 0.3) is 0 Å². The first kappa shape index (κ1) is 14.9. The zero-order chi connectivity index (χ0) is 15.7. The second-order valence-corrected chi connectivity index (χ2v) is 8.57. The Morgan fingerprint density at radius 1 is 1.05 bits per heavy atom. The first-order chi connectivity index (χ1) is 10.4. The van der Waals surface area contributed by atoms with Gasteiger partial charge in [0.25, 0.3) is 0 Å². The Balaban J connectivity index is 1.78. The molecular weight excluding hydrogens is 276 g/mol. The monoisotopic (exact) mass is 304 g/mol. The molecule has 0 spiro atoms. The van der Waals surface area contributed by atoms with Crippen molar-refractivity contribution in [3.63, 3.8) is 0 Å². The molecule has 0 aromatic carbocycles. The topological polar surface area (TPSA) is 60.7 Å². The van der Waals surface area contributed by atoms with E-state index in [1.807, 2.05) is 0 Å². The molecule has 0 aromatic rings. The summed E-state index contributed by atoms with van der Waals surface area (Å²) in [4.78, 5) is 0. The molecule has 4 aliphatic rings. The Hall–Kier alpha value is -0.640. The molecule has 4 rings (SSSR count). The molecule has 0 saturated heterocycles. The summed E-state index contributed by atoms with van der Waals surface area (Å²) in [5.74, 6) is 0.570. The molecular formula is C19H28O3. The molecule has 0 heterocycles. The fourth-order valence-corrected chi connectivity index (χ4v) is 6.09. The van der Waals surface area contributed by atoms with E-state index in [0.29, 0.717) is 12.3 Å². The number of hydrogen-bond donors (Lipinski definition) is 3. The zero-order valence-corrected chi connectivity index (χ0v) is 13.6. The second-order valence-electron chi connectivity index (χ2n) is 8.57. The molecule has 7 atom stereocenters. The third-order valence-corrected chi connectivity index (χ3v) is 7.43. The van der Waals surface area contributed by atoms with Gasteiger partial charge in [0.1, 0.15) is 0 Å². The van der Waals surface area contributed by atoms with Gasteiger partial charge in [-0.05, 0) is 49.9 Å². The van der Waals surface area contributed by atoms with Gasteiger partial charge >= 0.3 is 0 Å². The molecule has 22 heavy (non-hydrogen) atoms. The van der Waals surface area contributed by atoms with Crippen LogP contribution in [0.1, 0.15) is 52.4 Å². The Morgan fingerprint density at radius 2 is 1.82 bits per heavy atom. The van der Waals surface area contributed by atoms with Gasteiger partial charge in [0.2, 0.25) is 0 Å². The highest BCUT2D eigenvalue weighted by molar-refractivity contribution is 5.40. The lowest BCUT2D eigenvalue weighted by molar-refractivity contribution is -0.0675. The number of rotatable bonds is 0. The number of allylic oxidation sites excluding steroid dienone is 2. The Bertz CT molecular complexity index is 551. The second kappa shape index (κ2) is 4.68. The van der Waals surface area contributed by atoms with E-state index in [9.17, 15) is 15.3 Å². The zero-order valence-electron chi connectivity index (χ0n) is 13.6. The average molecular weight is 304 g/mol. The number of aliphatic hydroxyl groups is 3. The molecule has 4 aliphatic carbocycles. The molecule has 0 radical (unpaired) electrons. The fourth-order valence-electron chi connectivity index (χ4n) is 6.09. The first-order valence-corrected chi connectivity index (χ1v) is 8.81. The van der Waals surface area contributed by atoms with E-state index in [0.717, 1.165) is 32.1 Å². The number of hydrogen-bond acceptors (Lipinski definition) is 3. The highest BCUT2D eigenvalue weighted by atomic mass is 16.3. The van der Waals surface area contributed by atoms with Gasteiger partial charge in [-0.2, -0.15) is 0 Å². The third-order valence-electron chi connectivity index (χ3n) is 7.43. The summed E-state index contributed by atoms with van der Waals surface area (Å²) in [5.41, 5.74) is 2.48. The van der Waals surface area contributed by atoms with Gasteiger partial charge in [-0.3, -0.25) is 0 Å². The van der Waals surface area contributed by atoms with E-state index in [1.54, 1.807) is 0 Å². The van der Waals surface area contributed by atoms with Gasteiger partial charge in [0.05, 0.1) is 18.3 Å². The predicted octanol–water partition coefficient (Wildman–Crippen LogP) is 2.56. The van der Waals surface area contributed by atoms with E-state index in [1.165, 1.54) is 11.1 Å². The average Bonchev–Trinajstić information content (AvgIpc) is 2.75.